The maximum atomic E-state index is 14.3. The lowest BCUT2D eigenvalue weighted by Gasteiger charge is -2.36. The molecule has 0 unspecified atom stereocenters. The second kappa shape index (κ2) is 10.1. The van der Waals surface area contributed by atoms with Crippen LogP contribution in [0.25, 0.3) is 10.9 Å². The molecule has 5 aromatic rings. The second-order valence-corrected chi connectivity index (χ2v) is 11.1. The van der Waals surface area contributed by atoms with Crippen LogP contribution in [0.4, 0.5) is 10.5 Å². The van der Waals surface area contributed by atoms with Crippen molar-refractivity contribution < 1.29 is 18.8 Å². The summed E-state index contributed by atoms with van der Waals surface area (Å²) in [6.07, 6.45) is 1.92. The first-order valence-corrected chi connectivity index (χ1v) is 14.2. The Bertz CT molecular complexity index is 1820. The Morgan fingerprint density at radius 3 is 2.50 bits per heavy atom. The highest BCUT2D eigenvalue weighted by Gasteiger charge is 2.53. The van der Waals surface area contributed by atoms with Gasteiger partial charge in [0.1, 0.15) is 17.8 Å². The molecule has 1 fully saturated rings. The fourth-order valence-corrected chi connectivity index (χ4v) is 6.24. The number of nitrogens with zero attached hydrogens (tertiary/aromatic N) is 2. The van der Waals surface area contributed by atoms with Gasteiger partial charge in [0.05, 0.1) is 24.1 Å². The number of carbonyl (C=O) groups is 3. The molecule has 3 aromatic carbocycles. The lowest BCUT2D eigenvalue weighted by atomic mass is 9.88. The number of amides is 4. The first-order valence-electron chi connectivity index (χ1n) is 14.2. The van der Waals surface area contributed by atoms with E-state index < -0.39 is 24.0 Å². The number of hydrogen-bond acceptors (Lipinski definition) is 4. The van der Waals surface area contributed by atoms with Crippen LogP contribution in [0.3, 0.4) is 0 Å². The van der Waals surface area contributed by atoms with Crippen LogP contribution in [0.5, 0.6) is 0 Å². The fraction of sp³-hybridized carbons (Fsp3) is 0.206. The highest BCUT2D eigenvalue weighted by atomic mass is 16.3. The van der Waals surface area contributed by atoms with E-state index in [-0.39, 0.29) is 23.7 Å². The summed E-state index contributed by atoms with van der Waals surface area (Å²) in [5.41, 5.74) is 5.55. The minimum Gasteiger partial charge on any atom is -0.467 e. The molecule has 42 heavy (non-hydrogen) atoms. The number of anilines is 1. The number of carbonyl (C=O) groups excluding carboxylic acids is 3. The van der Waals surface area contributed by atoms with E-state index >= 15 is 0 Å². The van der Waals surface area contributed by atoms with Gasteiger partial charge in [-0.15, -0.1) is 0 Å². The quantitative estimate of drug-likeness (QED) is 0.239. The highest BCUT2D eigenvalue weighted by molar-refractivity contribution is 6.24. The lowest BCUT2D eigenvalue weighted by Crippen LogP contribution is -2.44. The summed E-state index contributed by atoms with van der Waals surface area (Å²) in [4.78, 5) is 48.2. The number of benzene rings is 3. The summed E-state index contributed by atoms with van der Waals surface area (Å²) >= 11 is 0. The standard InChI is InChI=1S/C34H30N4O4/c1-20(2)21-13-15-22(16-14-21)31-30-26(24-9-3-5-11-27(24)36-30)18-29-33(40)38(34(41)37(29)31)28-12-6-4-10-25(28)32(39)35-19-23-8-7-17-42-23/h3-17,20,29,31,36H,18-19H2,1-2H3,(H,35,39)/t29-,31-/m0/s1. The smallest absolute Gasteiger partial charge is 0.332 e. The summed E-state index contributed by atoms with van der Waals surface area (Å²) < 4.78 is 5.33. The average Bonchev–Trinajstić information content (AvgIpc) is 3.72. The van der Waals surface area contributed by atoms with Crippen LogP contribution in [0.2, 0.25) is 0 Å². The van der Waals surface area contributed by atoms with Gasteiger partial charge in [0.2, 0.25) is 0 Å². The number of para-hydroxylation sites is 2. The summed E-state index contributed by atoms with van der Waals surface area (Å²) in [6.45, 7) is 4.47. The van der Waals surface area contributed by atoms with Gasteiger partial charge in [-0.2, -0.15) is 0 Å². The molecule has 2 N–H and O–H groups in total. The van der Waals surface area contributed by atoms with Crippen LogP contribution in [0.1, 0.15) is 64.3 Å². The number of H-pyrrole nitrogens is 1. The molecule has 0 bridgehead atoms. The molecule has 2 atom stereocenters. The largest absolute Gasteiger partial charge is 0.467 e. The minimum absolute atomic E-state index is 0.187. The molecule has 0 radical (unpaired) electrons. The van der Waals surface area contributed by atoms with Crippen molar-refractivity contribution in [3.63, 3.8) is 0 Å². The molecule has 8 heteroatoms. The van der Waals surface area contributed by atoms with Gasteiger partial charge < -0.3 is 14.7 Å². The van der Waals surface area contributed by atoms with E-state index in [2.05, 4.69) is 42.3 Å². The maximum absolute atomic E-state index is 14.3. The third kappa shape index (κ3) is 4.10. The molecule has 2 aromatic heterocycles. The number of hydrogen-bond donors (Lipinski definition) is 2. The fourth-order valence-electron chi connectivity index (χ4n) is 6.24. The number of urea groups is 1. The Balaban J connectivity index is 1.30. The number of furan rings is 1. The number of nitrogens with one attached hydrogen (secondary N) is 2. The molecule has 1 saturated heterocycles. The molecular formula is C34H30N4O4. The monoisotopic (exact) mass is 558 g/mol. The van der Waals surface area contributed by atoms with Crippen LogP contribution in [-0.2, 0) is 17.8 Å². The van der Waals surface area contributed by atoms with Crippen molar-refractivity contribution in [2.24, 2.45) is 0 Å². The van der Waals surface area contributed by atoms with Gasteiger partial charge in [-0.3, -0.25) is 14.5 Å². The van der Waals surface area contributed by atoms with Crippen LogP contribution in [0.15, 0.2) is 95.6 Å². The topological polar surface area (TPSA) is 98.6 Å². The molecule has 0 saturated carbocycles. The van der Waals surface area contributed by atoms with E-state index in [1.807, 2.05) is 30.3 Å². The third-order valence-electron chi connectivity index (χ3n) is 8.36. The van der Waals surface area contributed by atoms with E-state index in [9.17, 15) is 14.4 Å². The number of fused-ring (bicyclic) bond motifs is 4. The van der Waals surface area contributed by atoms with Crippen molar-refractivity contribution in [2.75, 3.05) is 4.90 Å². The first-order chi connectivity index (χ1) is 20.4. The Morgan fingerprint density at radius 1 is 0.976 bits per heavy atom. The maximum Gasteiger partial charge on any atom is 0.332 e. The van der Waals surface area contributed by atoms with Crippen LogP contribution in [0, 0.1) is 0 Å². The summed E-state index contributed by atoms with van der Waals surface area (Å²) in [5, 5.41) is 3.88. The summed E-state index contributed by atoms with van der Waals surface area (Å²) in [5.74, 6) is 0.226. The van der Waals surface area contributed by atoms with Gasteiger partial charge in [0.25, 0.3) is 11.8 Å². The molecule has 7 rings (SSSR count). The van der Waals surface area contributed by atoms with Gasteiger partial charge in [-0.05, 0) is 52.9 Å². The van der Waals surface area contributed by atoms with Crippen molar-refractivity contribution in [3.8, 4) is 0 Å². The normalized spacial score (nSPS) is 18.1. The number of aromatic nitrogens is 1. The van der Waals surface area contributed by atoms with E-state index in [0.717, 1.165) is 27.7 Å². The van der Waals surface area contributed by atoms with Gasteiger partial charge in [-0.1, -0.05) is 68.4 Å². The zero-order chi connectivity index (χ0) is 29.0. The molecule has 2 aliphatic heterocycles. The van der Waals surface area contributed by atoms with E-state index in [4.69, 9.17) is 4.42 Å². The molecule has 2 aliphatic rings. The average molecular weight is 559 g/mol. The summed E-state index contributed by atoms with van der Waals surface area (Å²) in [7, 11) is 0. The summed E-state index contributed by atoms with van der Waals surface area (Å²) in [6, 6.07) is 24.9. The molecule has 0 spiro atoms. The predicted molar refractivity (Wildman–Crippen MR) is 159 cm³/mol. The molecule has 4 amide bonds. The lowest BCUT2D eigenvalue weighted by molar-refractivity contribution is -0.120. The number of aromatic amines is 1. The van der Waals surface area contributed by atoms with Crippen molar-refractivity contribution in [2.45, 2.75) is 44.8 Å². The van der Waals surface area contributed by atoms with Crippen molar-refractivity contribution in [1.29, 1.82) is 0 Å². The Hall–Kier alpha value is -5.11. The van der Waals surface area contributed by atoms with Crippen LogP contribution < -0.4 is 10.2 Å². The number of rotatable bonds is 6. The third-order valence-corrected chi connectivity index (χ3v) is 8.36. The van der Waals surface area contributed by atoms with E-state index in [0.29, 0.717) is 18.1 Å². The number of imide groups is 1. The van der Waals surface area contributed by atoms with Crippen LogP contribution in [-0.4, -0.2) is 33.8 Å². The first kappa shape index (κ1) is 25.8. The zero-order valence-electron chi connectivity index (χ0n) is 23.3. The van der Waals surface area contributed by atoms with Gasteiger partial charge >= 0.3 is 6.03 Å². The molecule has 0 aliphatic carbocycles. The van der Waals surface area contributed by atoms with Gasteiger partial charge in [0, 0.05) is 23.0 Å². The highest BCUT2D eigenvalue weighted by Crippen LogP contribution is 2.45. The van der Waals surface area contributed by atoms with Gasteiger partial charge in [-0.25, -0.2) is 9.69 Å². The Morgan fingerprint density at radius 2 is 1.74 bits per heavy atom. The molecule has 4 heterocycles. The van der Waals surface area contributed by atoms with Crippen LogP contribution >= 0.6 is 0 Å². The van der Waals surface area contributed by atoms with Crippen molar-refractivity contribution >= 4 is 34.4 Å². The predicted octanol–water partition coefficient (Wildman–Crippen LogP) is 6.30. The van der Waals surface area contributed by atoms with Crippen molar-refractivity contribution in [3.05, 3.63) is 125 Å². The Labute approximate surface area is 242 Å². The minimum atomic E-state index is -0.710. The SMILES string of the molecule is CC(C)c1ccc([C@H]2c3[nH]c4ccccc4c3C[C@H]3C(=O)N(c4ccccc4C(=O)NCc4ccco4)C(=O)N23)cc1. The molecule has 210 valence electrons. The second-order valence-electron chi connectivity index (χ2n) is 11.1. The van der Waals surface area contributed by atoms with E-state index in [1.54, 1.807) is 47.6 Å². The Kier molecular flexibility index (Phi) is 6.19. The van der Waals surface area contributed by atoms with Gasteiger partial charge in [0.15, 0.2) is 0 Å². The van der Waals surface area contributed by atoms with E-state index in [1.165, 1.54) is 10.5 Å². The molecule has 8 nitrogen and oxygen atoms in total. The zero-order valence-corrected chi connectivity index (χ0v) is 23.3. The molecular weight excluding hydrogens is 528 g/mol. The van der Waals surface area contributed by atoms with Crippen molar-refractivity contribution in [1.82, 2.24) is 15.2 Å².